The molecule has 0 aliphatic carbocycles. The van der Waals surface area contributed by atoms with Crippen molar-refractivity contribution in [3.8, 4) is 0 Å². The van der Waals surface area contributed by atoms with Crippen LogP contribution in [-0.2, 0) is 21.4 Å². The molecule has 0 radical (unpaired) electrons. The van der Waals surface area contributed by atoms with Gasteiger partial charge >= 0.3 is 6.18 Å². The lowest BCUT2D eigenvalue weighted by molar-refractivity contribution is -0.137. The van der Waals surface area contributed by atoms with Crippen LogP contribution in [0.5, 0.6) is 0 Å². The minimum atomic E-state index is -4.41. The van der Waals surface area contributed by atoms with Crippen LogP contribution in [0.1, 0.15) is 25.0 Å². The molecule has 4 nitrogen and oxygen atoms in total. The van der Waals surface area contributed by atoms with Crippen LogP contribution in [-0.4, -0.2) is 26.2 Å². The second-order valence-corrected chi connectivity index (χ2v) is 8.42. The van der Waals surface area contributed by atoms with Gasteiger partial charge in [0.25, 0.3) is 0 Å². The van der Waals surface area contributed by atoms with Crippen LogP contribution in [0.2, 0.25) is 0 Å². The largest absolute Gasteiger partial charge is 0.416 e. The van der Waals surface area contributed by atoms with Crippen LogP contribution in [0.15, 0.2) is 47.5 Å². The number of anilines is 1. The van der Waals surface area contributed by atoms with Crippen molar-refractivity contribution in [2.24, 2.45) is 0 Å². The zero-order valence-electron chi connectivity index (χ0n) is 14.1. The molecule has 0 unspecified atom stereocenters. The summed E-state index contributed by atoms with van der Waals surface area (Å²) in [5, 5.41) is 2.95. The van der Waals surface area contributed by atoms with E-state index in [9.17, 15) is 21.6 Å². The molecule has 25 heavy (non-hydrogen) atoms. The van der Waals surface area contributed by atoms with Crippen LogP contribution in [0, 0.1) is 0 Å². The smallest absolute Gasteiger partial charge is 0.368 e. The Morgan fingerprint density at radius 3 is 2.32 bits per heavy atom. The van der Waals surface area contributed by atoms with Crippen molar-refractivity contribution in [1.82, 2.24) is 4.98 Å². The van der Waals surface area contributed by atoms with Gasteiger partial charge < -0.3 is 5.32 Å². The Hall–Kier alpha value is -2.09. The summed E-state index contributed by atoms with van der Waals surface area (Å²) < 4.78 is 62.3. The molecule has 0 fully saturated rings. The van der Waals surface area contributed by atoms with Crippen molar-refractivity contribution in [3.05, 3.63) is 53.7 Å². The van der Waals surface area contributed by atoms with E-state index >= 15 is 0 Å². The fourth-order valence-electron chi connectivity index (χ4n) is 2.35. The third kappa shape index (κ3) is 4.72. The fraction of sp³-hybridized carbons (Fsp3) is 0.353. The number of halogens is 3. The Kier molecular flexibility index (Phi) is 5.13. The highest BCUT2D eigenvalue weighted by molar-refractivity contribution is 7.90. The minimum Gasteiger partial charge on any atom is -0.368 e. The van der Waals surface area contributed by atoms with Gasteiger partial charge in [0.2, 0.25) is 0 Å². The maximum atomic E-state index is 12.9. The van der Waals surface area contributed by atoms with Gasteiger partial charge in [-0.25, -0.2) is 13.4 Å². The summed E-state index contributed by atoms with van der Waals surface area (Å²) in [6.07, 6.45) is -1.88. The van der Waals surface area contributed by atoms with Crippen LogP contribution < -0.4 is 5.32 Å². The summed E-state index contributed by atoms with van der Waals surface area (Å²) >= 11 is 0. The summed E-state index contributed by atoms with van der Waals surface area (Å²) in [4.78, 5) is 4.08. The van der Waals surface area contributed by atoms with Gasteiger partial charge in [0.1, 0.15) is 10.7 Å². The lowest BCUT2D eigenvalue weighted by atomic mass is 9.83. The highest BCUT2D eigenvalue weighted by atomic mass is 32.2. The number of aromatic nitrogens is 1. The molecule has 0 aliphatic rings. The Balaban J connectivity index is 2.27. The third-order valence-electron chi connectivity index (χ3n) is 3.84. The Bertz CT molecular complexity index is 862. The predicted octanol–water partition coefficient (Wildman–Crippen LogP) is 3.89. The molecule has 1 aromatic carbocycles. The fourth-order valence-corrected chi connectivity index (χ4v) is 3.15. The van der Waals surface area contributed by atoms with Crippen molar-refractivity contribution in [3.63, 3.8) is 0 Å². The zero-order valence-corrected chi connectivity index (χ0v) is 14.9. The highest BCUT2D eigenvalue weighted by Gasteiger charge is 2.32. The number of benzene rings is 1. The van der Waals surface area contributed by atoms with Crippen molar-refractivity contribution < 1.29 is 21.6 Å². The van der Waals surface area contributed by atoms with Gasteiger partial charge in [0, 0.05) is 24.4 Å². The molecule has 2 aromatic rings. The first-order valence-corrected chi connectivity index (χ1v) is 9.37. The Morgan fingerprint density at radius 2 is 1.72 bits per heavy atom. The minimum absolute atomic E-state index is 0.0508. The summed E-state index contributed by atoms with van der Waals surface area (Å²) in [7, 11) is -3.47. The molecule has 0 saturated carbocycles. The van der Waals surface area contributed by atoms with Crippen LogP contribution >= 0.6 is 0 Å². The Labute approximate surface area is 145 Å². The van der Waals surface area contributed by atoms with Gasteiger partial charge in [0.15, 0.2) is 9.84 Å². The average Bonchev–Trinajstić information content (AvgIpc) is 2.52. The van der Waals surface area contributed by atoms with E-state index in [0.29, 0.717) is 5.56 Å². The molecule has 2 rings (SSSR count). The summed E-state index contributed by atoms with van der Waals surface area (Å²) in [5.74, 6) is 0.185. The van der Waals surface area contributed by atoms with Gasteiger partial charge in [-0.15, -0.1) is 0 Å². The molecule has 1 N–H and O–H groups in total. The second kappa shape index (κ2) is 6.67. The molecule has 0 atom stereocenters. The highest BCUT2D eigenvalue weighted by Crippen LogP contribution is 2.33. The van der Waals surface area contributed by atoms with Gasteiger partial charge in [-0.2, -0.15) is 13.2 Å². The summed E-state index contributed by atoms with van der Waals surface area (Å²) in [6, 6.07) is 8.06. The number of pyridine rings is 1. The third-order valence-corrected chi connectivity index (χ3v) is 4.97. The number of hydrogen-bond donors (Lipinski definition) is 1. The normalized spacial score (nSPS) is 12.9. The van der Waals surface area contributed by atoms with E-state index in [1.54, 1.807) is 19.9 Å². The summed E-state index contributed by atoms with van der Waals surface area (Å²) in [5.41, 5.74) is -0.896. The molecule has 0 spiro atoms. The van der Waals surface area contributed by atoms with Crippen molar-refractivity contribution in [2.45, 2.75) is 30.3 Å². The van der Waals surface area contributed by atoms with Crippen molar-refractivity contribution in [1.29, 1.82) is 0 Å². The SMILES string of the molecule is CC(C)(CNc1ncccc1S(C)(=O)=O)c1cccc(C(F)(F)F)c1. The van der Waals surface area contributed by atoms with Crippen LogP contribution in [0.3, 0.4) is 0 Å². The lowest BCUT2D eigenvalue weighted by Crippen LogP contribution is -2.29. The number of alkyl halides is 3. The molecule has 0 aliphatic heterocycles. The van der Waals surface area contributed by atoms with E-state index in [-0.39, 0.29) is 17.3 Å². The monoisotopic (exact) mass is 372 g/mol. The number of nitrogens with zero attached hydrogens (tertiary/aromatic N) is 1. The summed E-state index contributed by atoms with van der Waals surface area (Å²) in [6.45, 7) is 3.77. The van der Waals surface area contributed by atoms with Gasteiger partial charge in [-0.05, 0) is 23.8 Å². The van der Waals surface area contributed by atoms with E-state index in [0.717, 1.165) is 18.4 Å². The van der Waals surface area contributed by atoms with Crippen molar-refractivity contribution >= 4 is 15.7 Å². The quantitative estimate of drug-likeness (QED) is 0.865. The molecule has 0 saturated heterocycles. The first-order chi connectivity index (χ1) is 11.4. The molecule has 0 amide bonds. The second-order valence-electron chi connectivity index (χ2n) is 6.44. The number of rotatable bonds is 5. The van der Waals surface area contributed by atoms with E-state index < -0.39 is 27.0 Å². The maximum absolute atomic E-state index is 12.9. The average molecular weight is 372 g/mol. The Morgan fingerprint density at radius 1 is 1.08 bits per heavy atom. The van der Waals surface area contributed by atoms with Crippen molar-refractivity contribution in [2.75, 3.05) is 18.1 Å². The van der Waals surface area contributed by atoms with Crippen LogP contribution in [0.25, 0.3) is 0 Å². The molecule has 0 bridgehead atoms. The molecule has 1 aromatic heterocycles. The first kappa shape index (κ1) is 19.2. The lowest BCUT2D eigenvalue weighted by Gasteiger charge is -2.27. The van der Waals surface area contributed by atoms with E-state index in [2.05, 4.69) is 10.3 Å². The molecular formula is C17H19F3N2O2S. The predicted molar refractivity (Wildman–Crippen MR) is 90.3 cm³/mol. The first-order valence-electron chi connectivity index (χ1n) is 7.48. The standard InChI is InChI=1S/C17H19F3N2O2S/c1-16(2,12-6-4-7-13(10-12)17(18,19)20)11-22-15-14(25(3,23)24)8-5-9-21-15/h4-10H,11H2,1-3H3,(H,21,22). The molecular weight excluding hydrogens is 353 g/mol. The molecule has 136 valence electrons. The van der Waals surface area contributed by atoms with Gasteiger partial charge in [-0.3, -0.25) is 0 Å². The molecule has 8 heteroatoms. The number of sulfone groups is 1. The van der Waals surface area contributed by atoms with E-state index in [1.165, 1.54) is 24.4 Å². The zero-order chi connectivity index (χ0) is 18.9. The topological polar surface area (TPSA) is 59.1 Å². The number of nitrogens with one attached hydrogen (secondary N) is 1. The van der Waals surface area contributed by atoms with E-state index in [4.69, 9.17) is 0 Å². The van der Waals surface area contributed by atoms with Crippen LogP contribution in [0.4, 0.5) is 19.0 Å². The molecule has 1 heterocycles. The maximum Gasteiger partial charge on any atom is 0.416 e. The number of hydrogen-bond acceptors (Lipinski definition) is 4. The van der Waals surface area contributed by atoms with Gasteiger partial charge in [0.05, 0.1) is 5.56 Å². The van der Waals surface area contributed by atoms with E-state index in [1.807, 2.05) is 0 Å². The van der Waals surface area contributed by atoms with Gasteiger partial charge in [-0.1, -0.05) is 32.0 Å².